The van der Waals surface area contributed by atoms with Crippen LogP contribution in [0.25, 0.3) is 11.3 Å². The summed E-state index contributed by atoms with van der Waals surface area (Å²) in [6, 6.07) is 13.4. The maximum atomic E-state index is 2.37. The second kappa shape index (κ2) is 3.94. The van der Waals surface area contributed by atoms with Crippen molar-refractivity contribution >= 4 is 0 Å². The molecule has 2 aromatic rings. The summed E-state index contributed by atoms with van der Waals surface area (Å²) in [5, 5.41) is 0. The van der Waals surface area contributed by atoms with E-state index in [1.807, 2.05) is 0 Å². The Labute approximate surface area is 109 Å². The summed E-state index contributed by atoms with van der Waals surface area (Å²) >= 11 is 0. The Morgan fingerprint density at radius 3 is 2.61 bits per heavy atom. The average molecular weight is 238 g/mol. The molecular formula is C17H20N+. The van der Waals surface area contributed by atoms with Crippen molar-refractivity contribution < 1.29 is 4.57 Å². The zero-order valence-corrected chi connectivity index (χ0v) is 11.4. The van der Waals surface area contributed by atoms with E-state index < -0.39 is 0 Å². The number of hydrogen-bond acceptors (Lipinski definition) is 0. The van der Waals surface area contributed by atoms with Crippen LogP contribution in [-0.4, -0.2) is 0 Å². The maximum Gasteiger partial charge on any atom is 0.213 e. The molecule has 0 spiro atoms. The molecule has 0 amide bonds. The molecule has 1 aliphatic heterocycles. The van der Waals surface area contributed by atoms with E-state index in [1.54, 1.807) is 0 Å². The predicted molar refractivity (Wildman–Crippen MR) is 74.5 cm³/mol. The van der Waals surface area contributed by atoms with Crippen LogP contribution in [0.5, 0.6) is 0 Å². The summed E-state index contributed by atoms with van der Waals surface area (Å²) in [5.41, 5.74) is 5.86. The highest BCUT2D eigenvalue weighted by Gasteiger charge is 2.25. The van der Waals surface area contributed by atoms with Crippen LogP contribution in [0.3, 0.4) is 0 Å². The zero-order chi connectivity index (χ0) is 12.8. The molecule has 18 heavy (non-hydrogen) atoms. The third kappa shape index (κ3) is 1.84. The fourth-order valence-electron chi connectivity index (χ4n) is 2.65. The minimum Gasteiger partial charge on any atom is -0.198 e. The van der Waals surface area contributed by atoms with Crippen LogP contribution >= 0.6 is 0 Å². The van der Waals surface area contributed by atoms with E-state index in [4.69, 9.17) is 0 Å². The first-order chi connectivity index (χ1) is 8.55. The molecule has 0 fully saturated rings. The van der Waals surface area contributed by atoms with Crippen molar-refractivity contribution in [3.8, 4) is 11.3 Å². The van der Waals surface area contributed by atoms with Gasteiger partial charge in [0.15, 0.2) is 12.7 Å². The molecule has 0 atom stereocenters. The number of nitrogens with zero attached hydrogens (tertiary/aromatic N) is 1. The van der Waals surface area contributed by atoms with E-state index in [-0.39, 0.29) is 5.41 Å². The molecule has 0 bridgehead atoms. The van der Waals surface area contributed by atoms with E-state index in [0.717, 1.165) is 13.0 Å². The van der Waals surface area contributed by atoms with Crippen molar-refractivity contribution in [2.24, 2.45) is 0 Å². The van der Waals surface area contributed by atoms with Crippen molar-refractivity contribution in [2.45, 2.75) is 39.2 Å². The molecular weight excluding hydrogens is 218 g/mol. The molecule has 1 aliphatic rings. The zero-order valence-electron chi connectivity index (χ0n) is 11.4. The maximum absolute atomic E-state index is 2.37. The van der Waals surface area contributed by atoms with Gasteiger partial charge in [0.1, 0.15) is 0 Å². The fraction of sp³-hybridized carbons (Fsp3) is 0.353. The Morgan fingerprint density at radius 1 is 1.06 bits per heavy atom. The van der Waals surface area contributed by atoms with E-state index >= 15 is 0 Å². The van der Waals surface area contributed by atoms with Gasteiger partial charge < -0.3 is 0 Å². The van der Waals surface area contributed by atoms with Crippen molar-refractivity contribution in [2.75, 3.05) is 0 Å². The summed E-state index contributed by atoms with van der Waals surface area (Å²) in [6.07, 6.45) is 3.38. The summed E-state index contributed by atoms with van der Waals surface area (Å²) in [4.78, 5) is 0. The molecule has 0 N–H and O–H groups in total. The number of benzene rings is 1. The number of fused-ring (bicyclic) bond motifs is 3. The van der Waals surface area contributed by atoms with Crippen LogP contribution in [0.4, 0.5) is 0 Å². The van der Waals surface area contributed by atoms with Crippen LogP contribution in [0.2, 0.25) is 0 Å². The Hall–Kier alpha value is -1.63. The highest BCUT2D eigenvalue weighted by atomic mass is 15.0. The molecule has 1 heteroatoms. The summed E-state index contributed by atoms with van der Waals surface area (Å²) in [6.45, 7) is 7.91. The predicted octanol–water partition coefficient (Wildman–Crippen LogP) is 3.49. The Kier molecular flexibility index (Phi) is 2.51. The largest absolute Gasteiger partial charge is 0.213 e. The topological polar surface area (TPSA) is 3.88 Å². The molecule has 0 aliphatic carbocycles. The molecule has 0 unspecified atom stereocenters. The molecule has 3 rings (SSSR count). The van der Waals surface area contributed by atoms with E-state index in [2.05, 4.69) is 67.9 Å². The molecule has 0 saturated heterocycles. The molecule has 1 nitrogen and oxygen atoms in total. The smallest absolute Gasteiger partial charge is 0.198 e. The Balaban J connectivity index is 2.19. The average Bonchev–Trinajstić information content (AvgIpc) is 2.37. The van der Waals surface area contributed by atoms with Crippen LogP contribution in [-0.2, 0) is 18.4 Å². The second-order valence-electron chi connectivity index (χ2n) is 6.15. The van der Waals surface area contributed by atoms with E-state index in [1.165, 1.54) is 22.4 Å². The van der Waals surface area contributed by atoms with Crippen molar-refractivity contribution in [3.05, 3.63) is 53.7 Å². The lowest BCUT2D eigenvalue weighted by molar-refractivity contribution is -0.687. The van der Waals surface area contributed by atoms with Gasteiger partial charge in [0.25, 0.3) is 0 Å². The van der Waals surface area contributed by atoms with E-state index in [9.17, 15) is 0 Å². The van der Waals surface area contributed by atoms with Gasteiger partial charge in [0.05, 0.1) is 0 Å². The van der Waals surface area contributed by atoms with Gasteiger partial charge in [0.2, 0.25) is 5.69 Å². The SMILES string of the molecule is CC(C)(C)c1cc[n+]2c(c1)-c1ccccc1CC2. The number of aromatic nitrogens is 1. The first-order valence-corrected chi connectivity index (χ1v) is 6.68. The number of aryl methyl sites for hydroxylation is 2. The van der Waals surface area contributed by atoms with Gasteiger partial charge in [-0.2, -0.15) is 4.57 Å². The Morgan fingerprint density at radius 2 is 1.83 bits per heavy atom. The van der Waals surface area contributed by atoms with Crippen molar-refractivity contribution in [3.63, 3.8) is 0 Å². The molecule has 92 valence electrons. The lowest BCUT2D eigenvalue weighted by Crippen LogP contribution is -2.40. The summed E-state index contributed by atoms with van der Waals surface area (Å²) in [5.74, 6) is 0. The third-order valence-electron chi connectivity index (χ3n) is 3.82. The lowest BCUT2D eigenvalue weighted by Gasteiger charge is -2.21. The van der Waals surface area contributed by atoms with Crippen LogP contribution in [0, 0.1) is 0 Å². The van der Waals surface area contributed by atoms with Crippen molar-refractivity contribution in [1.29, 1.82) is 0 Å². The molecule has 2 heterocycles. The van der Waals surface area contributed by atoms with Gasteiger partial charge in [-0.1, -0.05) is 39.0 Å². The van der Waals surface area contributed by atoms with Gasteiger partial charge in [-0.25, -0.2) is 0 Å². The fourth-order valence-corrected chi connectivity index (χ4v) is 2.65. The molecule has 0 saturated carbocycles. The number of hydrogen-bond donors (Lipinski definition) is 0. The Bertz CT molecular complexity index is 591. The summed E-state index contributed by atoms with van der Waals surface area (Å²) in [7, 11) is 0. The number of pyridine rings is 1. The quantitative estimate of drug-likeness (QED) is 0.619. The minimum absolute atomic E-state index is 0.210. The second-order valence-corrected chi connectivity index (χ2v) is 6.15. The van der Waals surface area contributed by atoms with Crippen LogP contribution in [0.1, 0.15) is 31.9 Å². The first-order valence-electron chi connectivity index (χ1n) is 6.68. The third-order valence-corrected chi connectivity index (χ3v) is 3.82. The molecule has 1 aromatic heterocycles. The standard InChI is InChI=1S/C17H20N/c1-17(2,3)14-9-11-18-10-8-13-6-4-5-7-15(13)16(18)12-14/h4-7,9,11-12H,8,10H2,1-3H3/q+1. The van der Waals surface area contributed by atoms with Crippen molar-refractivity contribution in [1.82, 2.24) is 0 Å². The van der Waals surface area contributed by atoms with E-state index in [0.29, 0.717) is 0 Å². The number of rotatable bonds is 0. The van der Waals surface area contributed by atoms with Gasteiger partial charge >= 0.3 is 0 Å². The van der Waals surface area contributed by atoms with Crippen LogP contribution in [0.15, 0.2) is 42.6 Å². The van der Waals surface area contributed by atoms with Gasteiger partial charge in [0, 0.05) is 24.1 Å². The lowest BCUT2D eigenvalue weighted by atomic mass is 9.86. The normalized spacial score (nSPS) is 13.9. The summed E-state index contributed by atoms with van der Waals surface area (Å²) < 4.78 is 2.37. The van der Waals surface area contributed by atoms with Gasteiger partial charge in [-0.3, -0.25) is 0 Å². The highest BCUT2D eigenvalue weighted by Crippen LogP contribution is 2.29. The van der Waals surface area contributed by atoms with Gasteiger partial charge in [-0.15, -0.1) is 0 Å². The van der Waals surface area contributed by atoms with Gasteiger partial charge in [-0.05, 0) is 22.6 Å². The first kappa shape index (κ1) is 11.5. The highest BCUT2D eigenvalue weighted by molar-refractivity contribution is 5.62. The molecule has 0 radical (unpaired) electrons. The molecule has 1 aromatic carbocycles. The van der Waals surface area contributed by atoms with Crippen LogP contribution < -0.4 is 4.57 Å². The minimum atomic E-state index is 0.210. The monoisotopic (exact) mass is 238 g/mol.